The number of benzene rings is 2. The fraction of sp³-hybridized carbons (Fsp3) is 0.480. The van der Waals surface area contributed by atoms with E-state index in [9.17, 15) is 9.18 Å². The number of unbranched alkanes of at least 4 members (excludes halogenated alkanes) is 1. The molecular formula is C25H32FNO3. The number of aryl methyl sites for hydroxylation is 1. The third kappa shape index (κ3) is 5.20. The Labute approximate surface area is 178 Å². The minimum atomic E-state index is -0.274. The number of nitrogens with one attached hydrogen (secondary N) is 1. The summed E-state index contributed by atoms with van der Waals surface area (Å²) < 4.78 is 24.1. The van der Waals surface area contributed by atoms with E-state index >= 15 is 0 Å². The van der Waals surface area contributed by atoms with Crippen LogP contribution in [-0.2, 0) is 22.5 Å². The monoisotopic (exact) mass is 413 g/mol. The molecule has 3 atom stereocenters. The average molecular weight is 414 g/mol. The summed E-state index contributed by atoms with van der Waals surface area (Å²) in [6, 6.07) is 12.9. The first-order valence-corrected chi connectivity index (χ1v) is 10.8. The second-order valence-electron chi connectivity index (χ2n) is 8.02. The number of hydrogen-bond donors (Lipinski definition) is 1. The number of ether oxygens (including phenoxy) is 2. The molecule has 0 amide bonds. The quantitative estimate of drug-likeness (QED) is 0.588. The number of rotatable bonds is 9. The van der Waals surface area contributed by atoms with Gasteiger partial charge in [0.15, 0.2) is 0 Å². The van der Waals surface area contributed by atoms with Crippen molar-refractivity contribution in [2.75, 3.05) is 14.2 Å². The highest BCUT2D eigenvalue weighted by Crippen LogP contribution is 2.41. The molecule has 0 bridgehead atoms. The van der Waals surface area contributed by atoms with Crippen LogP contribution in [0.1, 0.15) is 55.2 Å². The first-order chi connectivity index (χ1) is 14.6. The first-order valence-electron chi connectivity index (χ1n) is 10.8. The Bertz CT molecular complexity index is 837. The molecule has 1 N–H and O–H groups in total. The molecule has 0 aromatic heterocycles. The molecule has 3 rings (SSSR count). The molecule has 1 aliphatic rings. The van der Waals surface area contributed by atoms with Crippen molar-refractivity contribution in [1.82, 2.24) is 5.32 Å². The molecule has 4 nitrogen and oxygen atoms in total. The maximum Gasteiger partial charge on any atom is 0.309 e. The summed E-state index contributed by atoms with van der Waals surface area (Å²) in [5.74, 6) is 0.115. The zero-order valence-corrected chi connectivity index (χ0v) is 18.1. The van der Waals surface area contributed by atoms with Gasteiger partial charge in [0.25, 0.3) is 0 Å². The molecule has 162 valence electrons. The van der Waals surface area contributed by atoms with Gasteiger partial charge in [-0.25, -0.2) is 4.39 Å². The van der Waals surface area contributed by atoms with Crippen molar-refractivity contribution < 1.29 is 18.7 Å². The first kappa shape index (κ1) is 22.3. The number of carbonyl (C=O) groups excluding carboxylic acids is 1. The predicted molar refractivity (Wildman–Crippen MR) is 116 cm³/mol. The molecule has 3 unspecified atom stereocenters. The van der Waals surface area contributed by atoms with Gasteiger partial charge in [0.2, 0.25) is 0 Å². The molecule has 0 spiro atoms. The van der Waals surface area contributed by atoms with E-state index in [0.29, 0.717) is 6.54 Å². The van der Waals surface area contributed by atoms with Crippen LogP contribution in [0.5, 0.6) is 5.75 Å². The Kier molecular flexibility index (Phi) is 7.86. The molecule has 0 heterocycles. The molecule has 2 aromatic rings. The summed E-state index contributed by atoms with van der Waals surface area (Å²) in [5.41, 5.74) is 3.39. The Hall–Kier alpha value is -2.40. The lowest BCUT2D eigenvalue weighted by atomic mass is 9.86. The lowest BCUT2D eigenvalue weighted by Crippen LogP contribution is -2.34. The fourth-order valence-electron chi connectivity index (χ4n) is 4.54. The minimum absolute atomic E-state index is 0.0488. The molecule has 2 aromatic carbocycles. The minimum Gasteiger partial charge on any atom is -0.496 e. The smallest absolute Gasteiger partial charge is 0.309 e. The molecule has 1 fully saturated rings. The van der Waals surface area contributed by atoms with Gasteiger partial charge in [-0.05, 0) is 55.0 Å². The van der Waals surface area contributed by atoms with Gasteiger partial charge in [-0.3, -0.25) is 4.79 Å². The summed E-state index contributed by atoms with van der Waals surface area (Å²) in [6.45, 7) is 2.85. The Morgan fingerprint density at radius 1 is 1.13 bits per heavy atom. The highest BCUT2D eigenvalue weighted by molar-refractivity contribution is 5.74. The van der Waals surface area contributed by atoms with Crippen LogP contribution in [0.25, 0.3) is 0 Å². The highest BCUT2D eigenvalue weighted by atomic mass is 19.1. The van der Waals surface area contributed by atoms with E-state index in [1.807, 2.05) is 6.07 Å². The van der Waals surface area contributed by atoms with Crippen LogP contribution in [0.4, 0.5) is 4.39 Å². The lowest BCUT2D eigenvalue weighted by molar-refractivity contribution is -0.145. The van der Waals surface area contributed by atoms with Crippen LogP contribution < -0.4 is 10.1 Å². The van der Waals surface area contributed by atoms with Gasteiger partial charge in [-0.1, -0.05) is 37.6 Å². The van der Waals surface area contributed by atoms with Gasteiger partial charge in [0.05, 0.1) is 20.1 Å². The fourth-order valence-corrected chi connectivity index (χ4v) is 4.54. The molecular weight excluding hydrogens is 381 g/mol. The van der Waals surface area contributed by atoms with E-state index in [2.05, 4.69) is 24.4 Å². The van der Waals surface area contributed by atoms with Crippen LogP contribution >= 0.6 is 0 Å². The second kappa shape index (κ2) is 10.6. The second-order valence-corrected chi connectivity index (χ2v) is 8.02. The molecule has 1 aliphatic carbocycles. The third-order valence-electron chi connectivity index (χ3n) is 6.13. The molecule has 30 heavy (non-hydrogen) atoms. The highest BCUT2D eigenvalue weighted by Gasteiger charge is 2.41. The normalized spacial score (nSPS) is 20.9. The summed E-state index contributed by atoms with van der Waals surface area (Å²) >= 11 is 0. The van der Waals surface area contributed by atoms with E-state index in [-0.39, 0.29) is 29.7 Å². The summed E-state index contributed by atoms with van der Waals surface area (Å²) in [5, 5.41) is 3.65. The average Bonchev–Trinajstić information content (AvgIpc) is 3.20. The van der Waals surface area contributed by atoms with Crippen molar-refractivity contribution in [1.29, 1.82) is 0 Å². The number of hydrogen-bond acceptors (Lipinski definition) is 4. The van der Waals surface area contributed by atoms with E-state index in [1.165, 1.54) is 24.8 Å². The van der Waals surface area contributed by atoms with Gasteiger partial charge in [-0.15, -0.1) is 0 Å². The zero-order chi connectivity index (χ0) is 21.5. The molecule has 0 aliphatic heterocycles. The van der Waals surface area contributed by atoms with E-state index in [0.717, 1.165) is 49.0 Å². The SMILES string of the molecule is CCCCc1ccc(OC)c(CNC2CCC(C(=O)OC)C2c2ccc(F)cc2)c1. The summed E-state index contributed by atoms with van der Waals surface area (Å²) in [7, 11) is 3.12. The maximum absolute atomic E-state index is 13.5. The number of esters is 1. The molecule has 0 saturated heterocycles. The van der Waals surface area contributed by atoms with E-state index in [4.69, 9.17) is 9.47 Å². The van der Waals surface area contributed by atoms with Gasteiger partial charge in [0, 0.05) is 24.1 Å². The van der Waals surface area contributed by atoms with Gasteiger partial charge in [-0.2, -0.15) is 0 Å². The van der Waals surface area contributed by atoms with Gasteiger partial charge >= 0.3 is 5.97 Å². The van der Waals surface area contributed by atoms with Crippen molar-refractivity contribution in [2.24, 2.45) is 5.92 Å². The van der Waals surface area contributed by atoms with Crippen LogP contribution in [-0.4, -0.2) is 26.2 Å². The zero-order valence-electron chi connectivity index (χ0n) is 18.1. The van der Waals surface area contributed by atoms with Crippen molar-refractivity contribution in [2.45, 2.75) is 57.5 Å². The Morgan fingerprint density at radius 3 is 2.57 bits per heavy atom. The van der Waals surface area contributed by atoms with Gasteiger partial charge in [0.1, 0.15) is 11.6 Å². The topological polar surface area (TPSA) is 47.6 Å². The summed E-state index contributed by atoms with van der Waals surface area (Å²) in [4.78, 5) is 12.4. The van der Waals surface area contributed by atoms with Gasteiger partial charge < -0.3 is 14.8 Å². The van der Waals surface area contributed by atoms with E-state index < -0.39 is 0 Å². The van der Waals surface area contributed by atoms with E-state index in [1.54, 1.807) is 19.2 Å². The number of halogens is 1. The van der Waals surface area contributed by atoms with Crippen molar-refractivity contribution in [3.8, 4) is 5.75 Å². The van der Waals surface area contributed by atoms with Crippen LogP contribution in [0.2, 0.25) is 0 Å². The van der Waals surface area contributed by atoms with Crippen molar-refractivity contribution >= 4 is 5.97 Å². The Morgan fingerprint density at radius 2 is 1.90 bits per heavy atom. The molecule has 1 saturated carbocycles. The third-order valence-corrected chi connectivity index (χ3v) is 6.13. The standard InChI is InChI=1S/C25H32FNO3/c1-4-5-6-17-7-14-23(29-2)19(15-17)16-27-22-13-12-21(25(28)30-3)24(22)18-8-10-20(26)11-9-18/h7-11,14-15,21-22,24,27H,4-6,12-13,16H2,1-3H3. The predicted octanol–water partition coefficient (Wildman–Crippen LogP) is 5.00. The lowest BCUT2D eigenvalue weighted by Gasteiger charge is -2.25. The number of methoxy groups -OCH3 is 2. The largest absolute Gasteiger partial charge is 0.496 e. The summed E-state index contributed by atoms with van der Waals surface area (Å²) in [6.07, 6.45) is 4.99. The van der Waals surface area contributed by atoms with Crippen molar-refractivity contribution in [3.05, 3.63) is 65.0 Å². The Balaban J connectivity index is 1.79. The maximum atomic E-state index is 13.5. The molecule has 0 radical (unpaired) electrons. The number of carbonyl (C=O) groups is 1. The molecule has 5 heteroatoms. The van der Waals surface area contributed by atoms with Crippen LogP contribution in [0, 0.1) is 11.7 Å². The van der Waals surface area contributed by atoms with Crippen molar-refractivity contribution in [3.63, 3.8) is 0 Å². The van der Waals surface area contributed by atoms with Crippen LogP contribution in [0.15, 0.2) is 42.5 Å². The van der Waals surface area contributed by atoms with Crippen LogP contribution in [0.3, 0.4) is 0 Å².